The van der Waals surface area contributed by atoms with Crippen molar-refractivity contribution in [1.29, 1.82) is 0 Å². The minimum Gasteiger partial charge on any atom is -0.379 e. The largest absolute Gasteiger partial charge is 0.379 e. The Hall–Kier alpha value is -1.13. The molecule has 1 fully saturated rings. The molecule has 0 N–H and O–H groups in total. The monoisotopic (exact) mass is 250 g/mol. The van der Waals surface area contributed by atoms with Gasteiger partial charge in [0.15, 0.2) is 6.29 Å². The van der Waals surface area contributed by atoms with E-state index in [0.29, 0.717) is 0 Å². The number of rotatable bonds is 5. The van der Waals surface area contributed by atoms with Crippen LogP contribution in [-0.4, -0.2) is 48.6 Å². The number of hydrogen-bond donors (Lipinski definition) is 0. The van der Waals surface area contributed by atoms with Crippen molar-refractivity contribution in [3.05, 3.63) is 23.0 Å². The van der Waals surface area contributed by atoms with Crippen molar-refractivity contribution in [3.8, 4) is 0 Å². The third-order valence-electron chi connectivity index (χ3n) is 3.70. The van der Waals surface area contributed by atoms with Gasteiger partial charge in [-0.05, 0) is 26.3 Å². The molecule has 1 aliphatic rings. The minimum absolute atomic E-state index is 0.818. The van der Waals surface area contributed by atoms with Crippen LogP contribution in [0.15, 0.2) is 6.07 Å². The molecule has 1 saturated heterocycles. The molecular formula is C14H22N2O2. The fraction of sp³-hybridized carbons (Fsp3) is 0.643. The fourth-order valence-electron chi connectivity index (χ4n) is 2.57. The van der Waals surface area contributed by atoms with E-state index in [1.165, 1.54) is 5.69 Å². The average Bonchev–Trinajstić information content (AvgIpc) is 2.67. The molecular weight excluding hydrogens is 228 g/mol. The molecule has 0 unspecified atom stereocenters. The summed E-state index contributed by atoms with van der Waals surface area (Å²) in [5, 5.41) is 0. The van der Waals surface area contributed by atoms with Gasteiger partial charge in [-0.1, -0.05) is 0 Å². The van der Waals surface area contributed by atoms with Crippen LogP contribution in [0.5, 0.6) is 0 Å². The molecule has 0 aliphatic carbocycles. The second-order valence-corrected chi connectivity index (χ2v) is 4.90. The quantitative estimate of drug-likeness (QED) is 0.745. The first-order valence-electron chi connectivity index (χ1n) is 6.64. The SMILES string of the molecule is Cc1cc(C=O)c(C)n1CCCN1CCOCC1. The lowest BCUT2D eigenvalue weighted by atomic mass is 10.3. The van der Waals surface area contributed by atoms with Gasteiger partial charge in [0.1, 0.15) is 0 Å². The van der Waals surface area contributed by atoms with E-state index in [1.807, 2.05) is 13.0 Å². The average molecular weight is 250 g/mol. The molecule has 2 rings (SSSR count). The van der Waals surface area contributed by atoms with E-state index in [4.69, 9.17) is 4.74 Å². The van der Waals surface area contributed by atoms with Gasteiger partial charge < -0.3 is 9.30 Å². The van der Waals surface area contributed by atoms with Gasteiger partial charge in [0.05, 0.1) is 13.2 Å². The van der Waals surface area contributed by atoms with E-state index >= 15 is 0 Å². The Bertz CT molecular complexity index is 406. The van der Waals surface area contributed by atoms with Crippen molar-refractivity contribution < 1.29 is 9.53 Å². The summed E-state index contributed by atoms with van der Waals surface area (Å²) in [7, 11) is 0. The van der Waals surface area contributed by atoms with E-state index in [-0.39, 0.29) is 0 Å². The molecule has 18 heavy (non-hydrogen) atoms. The number of aldehydes is 1. The molecule has 0 radical (unpaired) electrons. The van der Waals surface area contributed by atoms with Gasteiger partial charge in [0, 0.05) is 43.1 Å². The van der Waals surface area contributed by atoms with E-state index in [0.717, 1.165) is 63.4 Å². The predicted octanol–water partition coefficient (Wildman–Crippen LogP) is 1.64. The summed E-state index contributed by atoms with van der Waals surface area (Å²) in [5.74, 6) is 0. The Balaban J connectivity index is 1.86. The molecule has 0 saturated carbocycles. The van der Waals surface area contributed by atoms with Crippen molar-refractivity contribution in [2.45, 2.75) is 26.8 Å². The molecule has 0 spiro atoms. The zero-order valence-electron chi connectivity index (χ0n) is 11.3. The van der Waals surface area contributed by atoms with Gasteiger partial charge in [0.2, 0.25) is 0 Å². The first-order chi connectivity index (χ1) is 8.72. The first kappa shape index (κ1) is 13.3. The van der Waals surface area contributed by atoms with Crippen molar-refractivity contribution in [1.82, 2.24) is 9.47 Å². The molecule has 0 amide bonds. The highest BCUT2D eigenvalue weighted by Gasteiger charge is 2.11. The van der Waals surface area contributed by atoms with Gasteiger partial charge >= 0.3 is 0 Å². The molecule has 1 aromatic rings. The highest BCUT2D eigenvalue weighted by Crippen LogP contribution is 2.13. The molecule has 100 valence electrons. The minimum atomic E-state index is 0.818. The van der Waals surface area contributed by atoms with Crippen LogP contribution in [0, 0.1) is 13.8 Å². The third-order valence-corrected chi connectivity index (χ3v) is 3.70. The summed E-state index contributed by atoms with van der Waals surface area (Å²) >= 11 is 0. The molecule has 4 heteroatoms. The molecule has 2 heterocycles. The van der Waals surface area contributed by atoms with Crippen LogP contribution in [-0.2, 0) is 11.3 Å². The molecule has 1 aliphatic heterocycles. The number of ether oxygens (including phenoxy) is 1. The summed E-state index contributed by atoms with van der Waals surface area (Å²) in [6.07, 6.45) is 2.06. The Kier molecular flexibility index (Phi) is 4.55. The van der Waals surface area contributed by atoms with Gasteiger partial charge in [-0.15, -0.1) is 0 Å². The van der Waals surface area contributed by atoms with Crippen molar-refractivity contribution in [3.63, 3.8) is 0 Å². The summed E-state index contributed by atoms with van der Waals surface area (Å²) < 4.78 is 7.57. The summed E-state index contributed by atoms with van der Waals surface area (Å²) in [6.45, 7) is 9.99. The van der Waals surface area contributed by atoms with Crippen LogP contribution in [0.3, 0.4) is 0 Å². The van der Waals surface area contributed by atoms with Gasteiger partial charge in [0.25, 0.3) is 0 Å². The van der Waals surface area contributed by atoms with Gasteiger partial charge in [-0.2, -0.15) is 0 Å². The zero-order valence-corrected chi connectivity index (χ0v) is 11.3. The first-order valence-corrected chi connectivity index (χ1v) is 6.64. The number of nitrogens with zero attached hydrogens (tertiary/aromatic N) is 2. The number of aromatic nitrogens is 1. The molecule has 0 aromatic carbocycles. The van der Waals surface area contributed by atoms with Crippen LogP contribution >= 0.6 is 0 Å². The fourth-order valence-corrected chi connectivity index (χ4v) is 2.57. The zero-order chi connectivity index (χ0) is 13.0. The second-order valence-electron chi connectivity index (χ2n) is 4.90. The molecule has 4 nitrogen and oxygen atoms in total. The van der Waals surface area contributed by atoms with Crippen LogP contribution in [0.1, 0.15) is 28.2 Å². The van der Waals surface area contributed by atoms with Crippen molar-refractivity contribution in [2.24, 2.45) is 0 Å². The number of morpholine rings is 1. The smallest absolute Gasteiger partial charge is 0.151 e. The number of carbonyl (C=O) groups excluding carboxylic acids is 1. The van der Waals surface area contributed by atoms with E-state index in [1.54, 1.807) is 0 Å². The maximum atomic E-state index is 10.9. The molecule has 0 atom stereocenters. The normalized spacial score (nSPS) is 17.0. The van der Waals surface area contributed by atoms with Crippen LogP contribution in [0.2, 0.25) is 0 Å². The van der Waals surface area contributed by atoms with Crippen molar-refractivity contribution >= 4 is 6.29 Å². The number of aryl methyl sites for hydroxylation is 1. The maximum absolute atomic E-state index is 10.9. The second kappa shape index (κ2) is 6.16. The standard InChI is InChI=1S/C14H22N2O2/c1-12-10-14(11-17)13(2)16(12)5-3-4-15-6-8-18-9-7-15/h10-11H,3-9H2,1-2H3. The maximum Gasteiger partial charge on any atom is 0.151 e. The lowest BCUT2D eigenvalue weighted by Gasteiger charge is -2.26. The predicted molar refractivity (Wildman–Crippen MR) is 71.2 cm³/mol. The summed E-state index contributed by atoms with van der Waals surface area (Å²) in [6, 6.07) is 1.97. The van der Waals surface area contributed by atoms with Crippen LogP contribution in [0.4, 0.5) is 0 Å². The van der Waals surface area contributed by atoms with Crippen LogP contribution in [0.25, 0.3) is 0 Å². The highest BCUT2D eigenvalue weighted by atomic mass is 16.5. The van der Waals surface area contributed by atoms with E-state index in [2.05, 4.69) is 16.4 Å². The Labute approximate surface area is 109 Å². The van der Waals surface area contributed by atoms with E-state index < -0.39 is 0 Å². The van der Waals surface area contributed by atoms with Gasteiger partial charge in [-0.3, -0.25) is 9.69 Å². The topological polar surface area (TPSA) is 34.5 Å². The Morgan fingerprint density at radius 3 is 2.61 bits per heavy atom. The number of carbonyl (C=O) groups is 1. The van der Waals surface area contributed by atoms with E-state index in [9.17, 15) is 4.79 Å². The van der Waals surface area contributed by atoms with Crippen LogP contribution < -0.4 is 0 Å². The molecule has 0 bridgehead atoms. The Morgan fingerprint density at radius 1 is 1.28 bits per heavy atom. The Morgan fingerprint density at radius 2 is 2.00 bits per heavy atom. The lowest BCUT2D eigenvalue weighted by Crippen LogP contribution is -2.37. The third kappa shape index (κ3) is 3.00. The molecule has 1 aromatic heterocycles. The summed E-state index contributed by atoms with van der Waals surface area (Å²) in [5.41, 5.74) is 3.08. The van der Waals surface area contributed by atoms with Gasteiger partial charge in [-0.25, -0.2) is 0 Å². The summed E-state index contributed by atoms with van der Waals surface area (Å²) in [4.78, 5) is 13.3. The lowest BCUT2D eigenvalue weighted by molar-refractivity contribution is 0.0369. The highest BCUT2D eigenvalue weighted by molar-refractivity contribution is 5.77. The van der Waals surface area contributed by atoms with Crippen molar-refractivity contribution in [2.75, 3.05) is 32.8 Å². The number of hydrogen-bond acceptors (Lipinski definition) is 3.